The zero-order chi connectivity index (χ0) is 15.1. The number of hydrogen-bond acceptors (Lipinski definition) is 4. The first-order chi connectivity index (χ1) is 10.2. The van der Waals surface area contributed by atoms with E-state index in [0.717, 1.165) is 23.9 Å². The fraction of sp³-hybridized carbons (Fsp3) is 0.333. The predicted molar refractivity (Wildman–Crippen MR) is 83.7 cm³/mol. The maximum absolute atomic E-state index is 12.1. The quantitative estimate of drug-likeness (QED) is 0.775. The standard InChI is InChI=1S/C15H17BrN2O3/c1-20-10-13-9-14(18-21-13)15(19)17-12-6-2-4-11(8-12)5-3-7-16/h2,4,6,8-9H,3,5,7,10H2,1H3,(H,17,19). The number of amides is 1. The second kappa shape index (κ2) is 7.95. The molecule has 0 aliphatic heterocycles. The number of methoxy groups -OCH3 is 1. The molecule has 0 bridgehead atoms. The van der Waals surface area contributed by atoms with Crippen LogP contribution < -0.4 is 5.32 Å². The lowest BCUT2D eigenvalue weighted by atomic mass is 10.1. The first kappa shape index (κ1) is 15.7. The maximum atomic E-state index is 12.1. The molecule has 5 nitrogen and oxygen atoms in total. The van der Waals surface area contributed by atoms with Crippen molar-refractivity contribution in [3.8, 4) is 0 Å². The van der Waals surface area contributed by atoms with E-state index in [1.807, 2.05) is 24.3 Å². The van der Waals surface area contributed by atoms with Crippen LogP contribution in [0, 0.1) is 0 Å². The molecule has 0 saturated carbocycles. The number of carbonyl (C=O) groups is 1. The van der Waals surface area contributed by atoms with Crippen molar-refractivity contribution in [2.45, 2.75) is 19.4 Å². The Morgan fingerprint density at radius 1 is 1.43 bits per heavy atom. The van der Waals surface area contributed by atoms with Crippen molar-refractivity contribution >= 4 is 27.5 Å². The molecule has 6 heteroatoms. The van der Waals surface area contributed by atoms with Crippen molar-refractivity contribution in [2.24, 2.45) is 0 Å². The normalized spacial score (nSPS) is 10.6. The average molecular weight is 353 g/mol. The van der Waals surface area contributed by atoms with E-state index in [2.05, 4.69) is 26.4 Å². The second-order valence-corrected chi connectivity index (χ2v) is 5.35. The van der Waals surface area contributed by atoms with Gasteiger partial charge in [0.1, 0.15) is 6.61 Å². The topological polar surface area (TPSA) is 64.4 Å². The van der Waals surface area contributed by atoms with Crippen LogP contribution in [0.4, 0.5) is 5.69 Å². The Morgan fingerprint density at radius 2 is 2.29 bits per heavy atom. The van der Waals surface area contributed by atoms with Crippen LogP contribution in [-0.4, -0.2) is 23.5 Å². The van der Waals surface area contributed by atoms with E-state index < -0.39 is 0 Å². The lowest BCUT2D eigenvalue weighted by Crippen LogP contribution is -2.12. The maximum Gasteiger partial charge on any atom is 0.277 e. The lowest BCUT2D eigenvalue weighted by molar-refractivity contribution is 0.101. The van der Waals surface area contributed by atoms with Gasteiger partial charge < -0.3 is 14.6 Å². The summed E-state index contributed by atoms with van der Waals surface area (Å²) in [7, 11) is 1.56. The molecule has 0 aliphatic carbocycles. The minimum atomic E-state index is -0.293. The molecule has 0 fully saturated rings. The number of aryl methyl sites for hydroxylation is 1. The summed E-state index contributed by atoms with van der Waals surface area (Å²) in [5, 5.41) is 7.51. The number of alkyl halides is 1. The molecule has 2 aromatic rings. The summed E-state index contributed by atoms with van der Waals surface area (Å²) in [6.45, 7) is 0.294. The average Bonchev–Trinajstić information content (AvgIpc) is 2.95. The van der Waals surface area contributed by atoms with Gasteiger partial charge in [-0.05, 0) is 30.5 Å². The van der Waals surface area contributed by atoms with Gasteiger partial charge >= 0.3 is 0 Å². The molecule has 21 heavy (non-hydrogen) atoms. The van der Waals surface area contributed by atoms with Crippen molar-refractivity contribution in [2.75, 3.05) is 17.8 Å². The van der Waals surface area contributed by atoms with Crippen LogP contribution in [0.25, 0.3) is 0 Å². The van der Waals surface area contributed by atoms with E-state index in [9.17, 15) is 4.79 Å². The van der Waals surface area contributed by atoms with Gasteiger partial charge in [-0.25, -0.2) is 0 Å². The van der Waals surface area contributed by atoms with Crippen LogP contribution >= 0.6 is 15.9 Å². The predicted octanol–water partition coefficient (Wildman–Crippen LogP) is 3.40. The molecule has 1 amide bonds. The van der Waals surface area contributed by atoms with Crippen LogP contribution in [0.3, 0.4) is 0 Å². The Morgan fingerprint density at radius 3 is 3.05 bits per heavy atom. The molecule has 1 N–H and O–H groups in total. The van der Waals surface area contributed by atoms with Crippen LogP contribution in [-0.2, 0) is 17.8 Å². The van der Waals surface area contributed by atoms with Gasteiger partial charge in [0.05, 0.1) is 0 Å². The van der Waals surface area contributed by atoms with Crippen molar-refractivity contribution in [3.05, 3.63) is 47.3 Å². The van der Waals surface area contributed by atoms with E-state index in [4.69, 9.17) is 9.26 Å². The van der Waals surface area contributed by atoms with E-state index in [-0.39, 0.29) is 11.6 Å². The van der Waals surface area contributed by atoms with E-state index in [0.29, 0.717) is 12.4 Å². The molecule has 1 heterocycles. The Labute approximate surface area is 131 Å². The largest absolute Gasteiger partial charge is 0.377 e. The highest BCUT2D eigenvalue weighted by atomic mass is 79.9. The number of halogens is 1. The highest BCUT2D eigenvalue weighted by Crippen LogP contribution is 2.14. The molecule has 0 radical (unpaired) electrons. The van der Waals surface area contributed by atoms with Gasteiger partial charge in [-0.1, -0.05) is 33.2 Å². The number of aromatic nitrogens is 1. The summed E-state index contributed by atoms with van der Waals surface area (Å²) in [4.78, 5) is 12.1. The van der Waals surface area contributed by atoms with Crippen molar-refractivity contribution in [1.29, 1.82) is 0 Å². The number of ether oxygens (including phenoxy) is 1. The van der Waals surface area contributed by atoms with E-state index >= 15 is 0 Å². The Balaban J connectivity index is 2.01. The number of benzene rings is 1. The highest BCUT2D eigenvalue weighted by Gasteiger charge is 2.12. The van der Waals surface area contributed by atoms with Crippen LogP contribution in [0.15, 0.2) is 34.9 Å². The zero-order valence-corrected chi connectivity index (χ0v) is 13.4. The number of hydrogen-bond donors (Lipinski definition) is 1. The molecule has 1 aromatic carbocycles. The summed E-state index contributed by atoms with van der Waals surface area (Å²) >= 11 is 3.41. The first-order valence-corrected chi connectivity index (χ1v) is 7.76. The third-order valence-corrected chi connectivity index (χ3v) is 3.42. The molecule has 0 aliphatic rings. The molecular weight excluding hydrogens is 336 g/mol. The Hall–Kier alpha value is -1.66. The minimum Gasteiger partial charge on any atom is -0.377 e. The number of carbonyl (C=O) groups excluding carboxylic acids is 1. The lowest BCUT2D eigenvalue weighted by Gasteiger charge is -2.05. The monoisotopic (exact) mass is 352 g/mol. The summed E-state index contributed by atoms with van der Waals surface area (Å²) in [5.74, 6) is 0.229. The Bertz CT molecular complexity index is 598. The highest BCUT2D eigenvalue weighted by molar-refractivity contribution is 9.09. The minimum absolute atomic E-state index is 0.243. The fourth-order valence-electron chi connectivity index (χ4n) is 1.90. The number of rotatable bonds is 7. The van der Waals surface area contributed by atoms with Gasteiger partial charge in [-0.3, -0.25) is 4.79 Å². The van der Waals surface area contributed by atoms with Gasteiger partial charge in [0.25, 0.3) is 5.91 Å². The zero-order valence-electron chi connectivity index (χ0n) is 11.8. The molecule has 0 unspecified atom stereocenters. The van der Waals surface area contributed by atoms with Crippen molar-refractivity contribution < 1.29 is 14.1 Å². The Kier molecular flexibility index (Phi) is 5.95. The van der Waals surface area contributed by atoms with E-state index in [1.54, 1.807) is 13.2 Å². The second-order valence-electron chi connectivity index (χ2n) is 4.56. The first-order valence-electron chi connectivity index (χ1n) is 6.63. The smallest absolute Gasteiger partial charge is 0.277 e. The van der Waals surface area contributed by atoms with Gasteiger partial charge in [-0.15, -0.1) is 0 Å². The van der Waals surface area contributed by atoms with Crippen molar-refractivity contribution in [3.63, 3.8) is 0 Å². The van der Waals surface area contributed by atoms with Crippen LogP contribution in [0.1, 0.15) is 28.2 Å². The summed E-state index contributed by atoms with van der Waals surface area (Å²) in [5.41, 5.74) is 2.18. The van der Waals surface area contributed by atoms with Gasteiger partial charge in [0.15, 0.2) is 11.5 Å². The molecule has 0 spiro atoms. The number of anilines is 1. The van der Waals surface area contributed by atoms with Gasteiger partial charge in [0.2, 0.25) is 0 Å². The van der Waals surface area contributed by atoms with Gasteiger partial charge in [0, 0.05) is 24.2 Å². The van der Waals surface area contributed by atoms with Crippen molar-refractivity contribution in [1.82, 2.24) is 5.16 Å². The third-order valence-electron chi connectivity index (χ3n) is 2.86. The van der Waals surface area contributed by atoms with Crippen LogP contribution in [0.5, 0.6) is 0 Å². The molecule has 1 aromatic heterocycles. The van der Waals surface area contributed by atoms with E-state index in [1.165, 1.54) is 5.56 Å². The third kappa shape index (κ3) is 4.68. The SMILES string of the molecule is COCc1cc(C(=O)Nc2cccc(CCCBr)c2)no1. The molecular formula is C15H17BrN2O3. The molecule has 0 saturated heterocycles. The fourth-order valence-corrected chi connectivity index (χ4v) is 2.18. The number of nitrogens with one attached hydrogen (secondary N) is 1. The summed E-state index contributed by atoms with van der Waals surface area (Å²) in [6, 6.07) is 9.37. The summed E-state index contributed by atoms with van der Waals surface area (Å²) in [6.07, 6.45) is 2.03. The van der Waals surface area contributed by atoms with Crippen LogP contribution in [0.2, 0.25) is 0 Å². The summed E-state index contributed by atoms with van der Waals surface area (Å²) < 4.78 is 9.92. The molecule has 2 rings (SSSR count). The molecule has 112 valence electrons. The van der Waals surface area contributed by atoms with Gasteiger partial charge in [-0.2, -0.15) is 0 Å². The molecule has 0 atom stereocenters. The number of nitrogens with zero attached hydrogens (tertiary/aromatic N) is 1.